The summed E-state index contributed by atoms with van der Waals surface area (Å²) in [6.45, 7) is 4.71. The summed E-state index contributed by atoms with van der Waals surface area (Å²) in [5.74, 6) is -0.577. The average Bonchev–Trinajstić information content (AvgIpc) is 3.02. The molecule has 0 spiro atoms. The molecular weight excluding hydrogens is 299 g/mol. The van der Waals surface area contributed by atoms with Gasteiger partial charge in [0.05, 0.1) is 12.2 Å². The highest BCUT2D eigenvalue weighted by molar-refractivity contribution is 5.96. The molecule has 3 rings (SSSR count). The second kappa shape index (κ2) is 7.27. The van der Waals surface area contributed by atoms with E-state index >= 15 is 0 Å². The number of halogens is 1. The number of piperidine rings is 1. The van der Waals surface area contributed by atoms with Gasteiger partial charge in [0.25, 0.3) is 5.91 Å². The maximum Gasteiger partial charge on any atom is 0.255 e. The van der Waals surface area contributed by atoms with Crippen LogP contribution in [0.25, 0.3) is 0 Å². The van der Waals surface area contributed by atoms with Crippen molar-refractivity contribution >= 4 is 5.91 Å². The minimum atomic E-state index is -0.553. The van der Waals surface area contributed by atoms with Gasteiger partial charge >= 0.3 is 0 Å². The van der Waals surface area contributed by atoms with Gasteiger partial charge in [-0.15, -0.1) is 0 Å². The molecule has 126 valence electrons. The normalized spacial score (nSPS) is 23.1. The molecule has 1 atom stereocenters. The molecule has 0 unspecified atom stereocenters. The Morgan fingerprint density at radius 3 is 2.78 bits per heavy atom. The summed E-state index contributed by atoms with van der Waals surface area (Å²) in [7, 11) is 0. The Morgan fingerprint density at radius 1 is 1.35 bits per heavy atom. The van der Waals surface area contributed by atoms with E-state index in [0.29, 0.717) is 5.92 Å². The molecular formula is C17H23FN2O3. The second-order valence-corrected chi connectivity index (χ2v) is 6.44. The van der Waals surface area contributed by atoms with E-state index in [1.807, 2.05) is 0 Å². The van der Waals surface area contributed by atoms with Gasteiger partial charge in [-0.1, -0.05) is 0 Å². The molecule has 2 fully saturated rings. The topological polar surface area (TPSA) is 61.8 Å². The summed E-state index contributed by atoms with van der Waals surface area (Å²) in [6, 6.07) is 3.56. The Morgan fingerprint density at radius 2 is 2.13 bits per heavy atom. The van der Waals surface area contributed by atoms with Crippen LogP contribution >= 0.6 is 0 Å². The zero-order valence-corrected chi connectivity index (χ0v) is 13.1. The van der Waals surface area contributed by atoms with Crippen LogP contribution in [0.5, 0.6) is 5.75 Å². The van der Waals surface area contributed by atoms with Crippen molar-refractivity contribution in [2.75, 3.05) is 32.8 Å². The van der Waals surface area contributed by atoms with Crippen LogP contribution in [0.3, 0.4) is 0 Å². The van der Waals surface area contributed by atoms with Gasteiger partial charge < -0.3 is 20.1 Å². The highest BCUT2D eigenvalue weighted by Crippen LogP contribution is 2.20. The number of amides is 1. The summed E-state index contributed by atoms with van der Waals surface area (Å²) in [6.07, 6.45) is 2.92. The van der Waals surface area contributed by atoms with Crippen molar-refractivity contribution in [1.29, 1.82) is 0 Å². The van der Waals surface area contributed by atoms with Crippen molar-refractivity contribution in [3.05, 3.63) is 29.6 Å². The Balaban J connectivity index is 1.47. The van der Waals surface area contributed by atoms with Gasteiger partial charge in [-0.25, -0.2) is 4.39 Å². The number of hydrogen-bond acceptors (Lipinski definition) is 4. The first-order chi connectivity index (χ1) is 11.1. The van der Waals surface area contributed by atoms with E-state index < -0.39 is 5.82 Å². The lowest BCUT2D eigenvalue weighted by atomic mass is 10.0. The lowest BCUT2D eigenvalue weighted by Gasteiger charge is -2.33. The van der Waals surface area contributed by atoms with Gasteiger partial charge in [-0.3, -0.25) is 4.79 Å². The number of carbonyl (C=O) groups is 1. The molecule has 0 saturated carbocycles. The van der Waals surface area contributed by atoms with Gasteiger partial charge in [-0.05, 0) is 37.3 Å². The molecule has 2 aliphatic heterocycles. The highest BCUT2D eigenvalue weighted by atomic mass is 19.1. The molecule has 6 heteroatoms. The standard InChI is InChI=1S/C17H23FN2O3/c18-13-1-2-15(16(21)9-13)17(22)19-14-3-6-20(7-4-14)10-12-5-8-23-11-12/h1-2,9,12,14,21H,3-8,10-11H2,(H,19,22)/t12-/m0/s1. The molecule has 0 aliphatic carbocycles. The van der Waals surface area contributed by atoms with Crippen LogP contribution in [0.1, 0.15) is 29.6 Å². The van der Waals surface area contributed by atoms with Gasteiger partial charge in [0.2, 0.25) is 0 Å². The lowest BCUT2D eigenvalue weighted by molar-refractivity contribution is 0.0900. The average molecular weight is 322 g/mol. The maximum atomic E-state index is 13.0. The zero-order chi connectivity index (χ0) is 16.2. The van der Waals surface area contributed by atoms with Gasteiger partial charge in [-0.2, -0.15) is 0 Å². The zero-order valence-electron chi connectivity index (χ0n) is 13.1. The predicted molar refractivity (Wildman–Crippen MR) is 83.9 cm³/mol. The largest absolute Gasteiger partial charge is 0.507 e. The fraction of sp³-hybridized carbons (Fsp3) is 0.588. The van der Waals surface area contributed by atoms with Gasteiger partial charge in [0, 0.05) is 38.3 Å². The van der Waals surface area contributed by atoms with Crippen molar-refractivity contribution in [3.8, 4) is 5.75 Å². The van der Waals surface area contributed by atoms with E-state index in [1.165, 1.54) is 12.1 Å². The SMILES string of the molecule is O=C(NC1CCN(C[C@@H]2CCOC2)CC1)c1ccc(F)cc1O. The Labute approximate surface area is 135 Å². The quantitative estimate of drug-likeness (QED) is 0.887. The van der Waals surface area contributed by atoms with Crippen LogP contribution in [-0.4, -0.2) is 54.8 Å². The van der Waals surface area contributed by atoms with Crippen LogP contribution < -0.4 is 5.32 Å². The summed E-state index contributed by atoms with van der Waals surface area (Å²) in [5.41, 5.74) is 0.122. The van der Waals surface area contributed by atoms with E-state index in [-0.39, 0.29) is 23.3 Å². The van der Waals surface area contributed by atoms with Gasteiger partial charge in [0.15, 0.2) is 0 Å². The fourth-order valence-electron chi connectivity index (χ4n) is 3.31. The number of aromatic hydroxyl groups is 1. The number of benzene rings is 1. The lowest BCUT2D eigenvalue weighted by Crippen LogP contribution is -2.45. The van der Waals surface area contributed by atoms with Crippen molar-refractivity contribution in [2.24, 2.45) is 5.92 Å². The van der Waals surface area contributed by atoms with Crippen LogP contribution in [0.2, 0.25) is 0 Å². The monoisotopic (exact) mass is 322 g/mol. The van der Waals surface area contributed by atoms with Crippen molar-refractivity contribution < 1.29 is 19.0 Å². The summed E-state index contributed by atoms with van der Waals surface area (Å²) < 4.78 is 18.4. The number of rotatable bonds is 4. The molecule has 1 amide bonds. The van der Waals surface area contributed by atoms with Crippen molar-refractivity contribution in [2.45, 2.75) is 25.3 Å². The van der Waals surface area contributed by atoms with Crippen LogP contribution in [0.15, 0.2) is 18.2 Å². The summed E-state index contributed by atoms with van der Waals surface area (Å²) in [4.78, 5) is 14.6. The second-order valence-electron chi connectivity index (χ2n) is 6.44. The molecule has 0 radical (unpaired) electrons. The van der Waals surface area contributed by atoms with E-state index in [9.17, 15) is 14.3 Å². The Bertz CT molecular complexity index is 553. The number of ether oxygens (including phenoxy) is 1. The first kappa shape index (κ1) is 16.2. The molecule has 23 heavy (non-hydrogen) atoms. The van der Waals surface area contributed by atoms with Crippen LogP contribution in [-0.2, 0) is 4.74 Å². The molecule has 1 aromatic rings. The molecule has 2 aliphatic rings. The third kappa shape index (κ3) is 4.20. The molecule has 0 aromatic heterocycles. The van der Waals surface area contributed by atoms with Crippen molar-refractivity contribution in [3.63, 3.8) is 0 Å². The van der Waals surface area contributed by atoms with Crippen LogP contribution in [0.4, 0.5) is 4.39 Å². The summed E-state index contributed by atoms with van der Waals surface area (Å²) in [5, 5.41) is 12.6. The number of likely N-dealkylation sites (tertiary alicyclic amines) is 1. The minimum absolute atomic E-state index is 0.100. The first-order valence-corrected chi connectivity index (χ1v) is 8.21. The third-order valence-corrected chi connectivity index (χ3v) is 4.67. The predicted octanol–water partition coefficient (Wildman–Crippen LogP) is 1.76. The van der Waals surface area contributed by atoms with E-state index in [4.69, 9.17) is 4.74 Å². The molecule has 2 saturated heterocycles. The number of nitrogens with one attached hydrogen (secondary N) is 1. The number of nitrogens with zero attached hydrogens (tertiary/aromatic N) is 1. The van der Waals surface area contributed by atoms with Crippen molar-refractivity contribution in [1.82, 2.24) is 10.2 Å². The smallest absolute Gasteiger partial charge is 0.255 e. The first-order valence-electron chi connectivity index (χ1n) is 8.21. The number of carbonyl (C=O) groups excluding carboxylic acids is 1. The summed E-state index contributed by atoms with van der Waals surface area (Å²) >= 11 is 0. The Hall–Kier alpha value is -1.66. The number of phenolic OH excluding ortho intramolecular Hbond substituents is 1. The molecule has 2 heterocycles. The fourth-order valence-corrected chi connectivity index (χ4v) is 3.31. The number of phenols is 1. The number of hydrogen-bond donors (Lipinski definition) is 2. The maximum absolute atomic E-state index is 13.0. The molecule has 1 aromatic carbocycles. The van der Waals surface area contributed by atoms with Crippen LogP contribution in [0, 0.1) is 11.7 Å². The van der Waals surface area contributed by atoms with Gasteiger partial charge in [0.1, 0.15) is 11.6 Å². The molecule has 5 nitrogen and oxygen atoms in total. The third-order valence-electron chi connectivity index (χ3n) is 4.67. The van der Waals surface area contributed by atoms with E-state index in [0.717, 1.165) is 58.2 Å². The highest BCUT2D eigenvalue weighted by Gasteiger charge is 2.25. The van der Waals surface area contributed by atoms with E-state index in [2.05, 4.69) is 10.2 Å². The Kier molecular flexibility index (Phi) is 5.13. The molecule has 2 N–H and O–H groups in total. The minimum Gasteiger partial charge on any atom is -0.507 e. The molecule has 0 bridgehead atoms. The van der Waals surface area contributed by atoms with E-state index in [1.54, 1.807) is 0 Å².